The number of carbonyl (C=O) groups is 1. The Hall–Kier alpha value is -1.88. The largest absolute Gasteiger partial charge is 0.368 e. The molecule has 1 aromatic carbocycles. The van der Waals surface area contributed by atoms with E-state index < -0.39 is 6.04 Å². The lowest BCUT2D eigenvalue weighted by Crippen LogP contribution is -2.31. The monoisotopic (exact) mass is 248 g/mol. The number of amides is 1. The van der Waals surface area contributed by atoms with E-state index in [0.29, 0.717) is 5.56 Å². The van der Waals surface area contributed by atoms with Crippen LogP contribution in [0.2, 0.25) is 0 Å². The Labute approximate surface area is 101 Å². The fraction of sp³-hybridized carbons (Fsp3) is 0.0833. The first-order valence-electron chi connectivity index (χ1n) is 5.13. The van der Waals surface area contributed by atoms with Crippen LogP contribution in [0.5, 0.6) is 0 Å². The van der Waals surface area contributed by atoms with Gasteiger partial charge in [-0.05, 0) is 17.7 Å². The van der Waals surface area contributed by atoms with Gasteiger partial charge in [-0.25, -0.2) is 4.39 Å². The van der Waals surface area contributed by atoms with Crippen LogP contribution in [-0.2, 0) is 4.79 Å². The maximum absolute atomic E-state index is 13.1. The minimum atomic E-state index is -0.534. The minimum absolute atomic E-state index is 0.165. The summed E-state index contributed by atoms with van der Waals surface area (Å²) < 4.78 is 13.1. The zero-order valence-electron chi connectivity index (χ0n) is 8.74. The molecule has 5 heteroatoms. The lowest BCUT2D eigenvalue weighted by atomic mass is 10.0. The van der Waals surface area contributed by atoms with E-state index in [1.54, 1.807) is 12.1 Å². The van der Waals surface area contributed by atoms with Crippen molar-refractivity contribution in [1.29, 1.82) is 0 Å². The van der Waals surface area contributed by atoms with Crippen LogP contribution < -0.4 is 10.6 Å². The zero-order chi connectivity index (χ0) is 11.8. The van der Waals surface area contributed by atoms with Crippen molar-refractivity contribution in [2.24, 2.45) is 0 Å². The smallest absolute Gasteiger partial charge is 0.251 e. The van der Waals surface area contributed by atoms with E-state index in [-0.39, 0.29) is 11.7 Å². The van der Waals surface area contributed by atoms with Crippen LogP contribution in [-0.4, -0.2) is 5.91 Å². The molecule has 1 amide bonds. The number of benzene rings is 1. The van der Waals surface area contributed by atoms with Crippen LogP contribution in [0.25, 0.3) is 0 Å². The Morgan fingerprint density at radius 3 is 2.88 bits per heavy atom. The second-order valence-corrected chi connectivity index (χ2v) is 4.56. The van der Waals surface area contributed by atoms with Gasteiger partial charge in [0.25, 0.3) is 5.91 Å². The molecule has 2 N–H and O–H groups in total. The molecule has 2 aromatic rings. The number of carbonyl (C=O) groups excluding carboxylic acids is 1. The van der Waals surface area contributed by atoms with Crippen LogP contribution in [0.1, 0.15) is 11.6 Å². The van der Waals surface area contributed by atoms with Crippen LogP contribution in [0.15, 0.2) is 35.0 Å². The normalized spacial score (nSPS) is 18.2. The highest BCUT2D eigenvalue weighted by atomic mass is 32.1. The Balaban J connectivity index is 1.98. The first kappa shape index (κ1) is 10.3. The molecule has 0 saturated carbocycles. The molecule has 3 nitrogen and oxygen atoms in total. The number of hydrogen-bond acceptors (Lipinski definition) is 3. The molecule has 1 aromatic heterocycles. The molecule has 0 fully saturated rings. The molecule has 3 rings (SSSR count). The lowest BCUT2D eigenvalue weighted by Gasteiger charge is -2.24. The molecule has 1 atom stereocenters. The summed E-state index contributed by atoms with van der Waals surface area (Å²) in [6.07, 6.45) is 0. The highest BCUT2D eigenvalue weighted by molar-refractivity contribution is 7.09. The second-order valence-electron chi connectivity index (χ2n) is 3.82. The van der Waals surface area contributed by atoms with E-state index in [4.69, 9.17) is 0 Å². The predicted octanol–water partition coefficient (Wildman–Crippen LogP) is 2.99. The Bertz CT molecular complexity index is 581. The van der Waals surface area contributed by atoms with Gasteiger partial charge in [0, 0.05) is 10.8 Å². The van der Waals surface area contributed by atoms with Crippen molar-refractivity contribution in [3.05, 3.63) is 46.4 Å². The Morgan fingerprint density at radius 1 is 1.24 bits per heavy atom. The molecule has 0 bridgehead atoms. The van der Waals surface area contributed by atoms with Crippen LogP contribution in [0, 0.1) is 5.82 Å². The topological polar surface area (TPSA) is 41.1 Å². The maximum atomic E-state index is 13.1. The summed E-state index contributed by atoms with van der Waals surface area (Å²) in [4.78, 5) is 11.9. The molecule has 17 heavy (non-hydrogen) atoms. The van der Waals surface area contributed by atoms with Crippen molar-refractivity contribution in [1.82, 2.24) is 0 Å². The average molecular weight is 248 g/mol. The summed E-state index contributed by atoms with van der Waals surface area (Å²) in [5.41, 5.74) is 2.29. The van der Waals surface area contributed by atoms with Crippen molar-refractivity contribution >= 4 is 28.6 Å². The van der Waals surface area contributed by atoms with Crippen LogP contribution in [0.3, 0.4) is 0 Å². The molecule has 1 unspecified atom stereocenters. The lowest BCUT2D eigenvalue weighted by molar-refractivity contribution is -0.117. The summed E-state index contributed by atoms with van der Waals surface area (Å²) >= 11 is 1.51. The first-order chi connectivity index (χ1) is 8.24. The minimum Gasteiger partial charge on any atom is -0.368 e. The Kier molecular flexibility index (Phi) is 2.33. The molecule has 0 radical (unpaired) electrons. The third-order valence-electron chi connectivity index (χ3n) is 2.66. The van der Waals surface area contributed by atoms with Crippen molar-refractivity contribution in [2.45, 2.75) is 6.04 Å². The molecule has 86 valence electrons. The maximum Gasteiger partial charge on any atom is 0.251 e. The standard InChI is InChI=1S/C12H9FN2OS/c13-8-3-1-2-7(4-8)11-12(16)15-10-6-17-5-9(10)14-11/h1-6,11,14H,(H,15,16). The third kappa shape index (κ3) is 1.78. The molecular weight excluding hydrogens is 239 g/mol. The fourth-order valence-corrected chi connectivity index (χ4v) is 2.57. The summed E-state index contributed by atoms with van der Waals surface area (Å²) in [6.45, 7) is 0. The summed E-state index contributed by atoms with van der Waals surface area (Å²) in [6, 6.07) is 5.53. The third-order valence-corrected chi connectivity index (χ3v) is 3.41. The number of thiophene rings is 1. The van der Waals surface area contributed by atoms with Gasteiger partial charge < -0.3 is 10.6 Å². The molecule has 0 aliphatic carbocycles. The number of anilines is 2. The van der Waals surface area contributed by atoms with Gasteiger partial charge >= 0.3 is 0 Å². The van der Waals surface area contributed by atoms with Crippen molar-refractivity contribution in [3.8, 4) is 0 Å². The zero-order valence-corrected chi connectivity index (χ0v) is 9.55. The van der Waals surface area contributed by atoms with E-state index in [9.17, 15) is 9.18 Å². The van der Waals surface area contributed by atoms with E-state index in [0.717, 1.165) is 11.4 Å². The van der Waals surface area contributed by atoms with Gasteiger partial charge in [0.1, 0.15) is 11.9 Å². The first-order valence-corrected chi connectivity index (χ1v) is 6.07. The van der Waals surface area contributed by atoms with Gasteiger partial charge in [-0.3, -0.25) is 4.79 Å². The van der Waals surface area contributed by atoms with Gasteiger partial charge in [0.05, 0.1) is 11.4 Å². The van der Waals surface area contributed by atoms with Crippen molar-refractivity contribution in [3.63, 3.8) is 0 Å². The molecule has 0 saturated heterocycles. The van der Waals surface area contributed by atoms with Gasteiger partial charge in [0.15, 0.2) is 0 Å². The van der Waals surface area contributed by atoms with Gasteiger partial charge in [-0.1, -0.05) is 12.1 Å². The van der Waals surface area contributed by atoms with E-state index in [2.05, 4.69) is 10.6 Å². The molecule has 0 spiro atoms. The van der Waals surface area contributed by atoms with Crippen molar-refractivity contribution in [2.75, 3.05) is 10.6 Å². The van der Waals surface area contributed by atoms with Crippen LogP contribution in [0.4, 0.5) is 15.8 Å². The SMILES string of the molecule is O=C1Nc2cscc2NC1c1cccc(F)c1. The van der Waals surface area contributed by atoms with Crippen LogP contribution >= 0.6 is 11.3 Å². The number of rotatable bonds is 1. The second kappa shape index (κ2) is 3.85. The number of hydrogen-bond donors (Lipinski definition) is 2. The molecule has 1 aliphatic heterocycles. The molecular formula is C12H9FN2OS. The average Bonchev–Trinajstić information content (AvgIpc) is 2.75. The molecule has 1 aliphatic rings. The number of halogens is 1. The molecule has 2 heterocycles. The summed E-state index contributed by atoms with van der Waals surface area (Å²) in [5, 5.41) is 9.68. The van der Waals surface area contributed by atoms with E-state index in [1.807, 2.05) is 10.8 Å². The summed E-state index contributed by atoms with van der Waals surface area (Å²) in [5.74, 6) is -0.505. The van der Waals surface area contributed by atoms with E-state index in [1.165, 1.54) is 23.5 Å². The predicted molar refractivity (Wildman–Crippen MR) is 65.7 cm³/mol. The van der Waals surface area contributed by atoms with Gasteiger partial charge in [-0.15, -0.1) is 11.3 Å². The Morgan fingerprint density at radius 2 is 2.06 bits per heavy atom. The number of fused-ring (bicyclic) bond motifs is 1. The number of nitrogens with one attached hydrogen (secondary N) is 2. The quantitative estimate of drug-likeness (QED) is 0.814. The highest BCUT2D eigenvalue weighted by Gasteiger charge is 2.27. The van der Waals surface area contributed by atoms with Gasteiger partial charge in [-0.2, -0.15) is 0 Å². The summed E-state index contributed by atoms with van der Waals surface area (Å²) in [7, 11) is 0. The highest BCUT2D eigenvalue weighted by Crippen LogP contribution is 2.35. The fourth-order valence-electron chi connectivity index (χ4n) is 1.85. The van der Waals surface area contributed by atoms with Crippen molar-refractivity contribution < 1.29 is 9.18 Å². The van der Waals surface area contributed by atoms with E-state index >= 15 is 0 Å². The van der Waals surface area contributed by atoms with Gasteiger partial charge in [0.2, 0.25) is 0 Å².